The first-order valence-corrected chi connectivity index (χ1v) is 7.22. The van der Waals surface area contributed by atoms with Crippen molar-refractivity contribution in [3.63, 3.8) is 0 Å². The van der Waals surface area contributed by atoms with Crippen LogP contribution >= 0.6 is 0 Å². The molecule has 0 radical (unpaired) electrons. The molecule has 1 N–H and O–H groups in total. The lowest BCUT2D eigenvalue weighted by molar-refractivity contribution is -0.120. The summed E-state index contributed by atoms with van der Waals surface area (Å²) in [5.41, 5.74) is 1.97. The SMILES string of the molecule is CN(C)c1ccc(NC(=O)C2CCn3ccnc3C2)cc1. The number of nitrogens with zero attached hydrogens (tertiary/aromatic N) is 3. The molecular weight excluding hydrogens is 264 g/mol. The monoisotopic (exact) mass is 284 g/mol. The normalized spacial score (nSPS) is 17.1. The van der Waals surface area contributed by atoms with Gasteiger partial charge in [0.25, 0.3) is 0 Å². The summed E-state index contributed by atoms with van der Waals surface area (Å²) in [5, 5.41) is 3.01. The zero-order valence-corrected chi connectivity index (χ0v) is 12.4. The highest BCUT2D eigenvalue weighted by Gasteiger charge is 2.25. The molecule has 1 aromatic carbocycles. The highest BCUT2D eigenvalue weighted by atomic mass is 16.1. The number of aryl methyl sites for hydroxylation is 1. The lowest BCUT2D eigenvalue weighted by Crippen LogP contribution is -2.30. The Bertz CT molecular complexity index is 630. The molecule has 5 heteroatoms. The van der Waals surface area contributed by atoms with E-state index in [9.17, 15) is 4.79 Å². The molecular formula is C16H20N4O. The smallest absolute Gasteiger partial charge is 0.228 e. The number of amides is 1. The second kappa shape index (κ2) is 5.60. The van der Waals surface area contributed by atoms with Gasteiger partial charge in [0, 0.05) is 56.7 Å². The second-order valence-corrected chi connectivity index (χ2v) is 5.66. The molecule has 0 saturated carbocycles. The second-order valence-electron chi connectivity index (χ2n) is 5.66. The zero-order valence-electron chi connectivity index (χ0n) is 12.4. The number of fused-ring (bicyclic) bond motifs is 1. The van der Waals surface area contributed by atoms with Gasteiger partial charge >= 0.3 is 0 Å². The number of anilines is 2. The Hall–Kier alpha value is -2.30. The predicted molar refractivity (Wildman–Crippen MR) is 83.4 cm³/mol. The average Bonchev–Trinajstić information content (AvgIpc) is 2.95. The fourth-order valence-corrected chi connectivity index (χ4v) is 2.66. The van der Waals surface area contributed by atoms with Crippen LogP contribution in [0.3, 0.4) is 0 Å². The van der Waals surface area contributed by atoms with Crippen LogP contribution < -0.4 is 10.2 Å². The molecule has 21 heavy (non-hydrogen) atoms. The Balaban J connectivity index is 1.64. The molecule has 0 aliphatic carbocycles. The van der Waals surface area contributed by atoms with Crippen LogP contribution in [0.5, 0.6) is 0 Å². The maximum Gasteiger partial charge on any atom is 0.228 e. The third-order valence-electron chi connectivity index (χ3n) is 3.97. The maximum absolute atomic E-state index is 12.4. The standard InChI is InChI=1S/C16H20N4O/c1-19(2)14-5-3-13(4-6-14)18-16(21)12-7-9-20-10-8-17-15(20)11-12/h3-6,8,10,12H,7,9,11H2,1-2H3,(H,18,21). The average molecular weight is 284 g/mol. The number of benzene rings is 1. The van der Waals surface area contributed by atoms with Crippen molar-refractivity contribution < 1.29 is 4.79 Å². The Labute approximate surface area is 124 Å². The maximum atomic E-state index is 12.4. The number of hydrogen-bond donors (Lipinski definition) is 1. The lowest BCUT2D eigenvalue weighted by atomic mass is 9.97. The third-order valence-corrected chi connectivity index (χ3v) is 3.97. The largest absolute Gasteiger partial charge is 0.378 e. The lowest BCUT2D eigenvalue weighted by Gasteiger charge is -2.22. The van der Waals surface area contributed by atoms with Crippen LogP contribution in [0.1, 0.15) is 12.2 Å². The Kier molecular flexibility index (Phi) is 3.64. The molecule has 1 aliphatic rings. The van der Waals surface area contributed by atoms with Gasteiger partial charge < -0.3 is 14.8 Å². The van der Waals surface area contributed by atoms with E-state index in [1.807, 2.05) is 49.5 Å². The minimum Gasteiger partial charge on any atom is -0.378 e. The van der Waals surface area contributed by atoms with E-state index in [2.05, 4.69) is 14.9 Å². The van der Waals surface area contributed by atoms with Crippen molar-refractivity contribution in [1.82, 2.24) is 9.55 Å². The minimum atomic E-state index is 0.00780. The van der Waals surface area contributed by atoms with Gasteiger partial charge in [-0.25, -0.2) is 4.98 Å². The molecule has 3 rings (SSSR count). The summed E-state index contributed by atoms with van der Waals surface area (Å²) in [4.78, 5) is 18.7. The molecule has 1 atom stereocenters. The van der Waals surface area contributed by atoms with Crippen LogP contribution in [0.2, 0.25) is 0 Å². The van der Waals surface area contributed by atoms with Crippen molar-refractivity contribution in [3.05, 3.63) is 42.5 Å². The molecule has 1 unspecified atom stereocenters. The Morgan fingerprint density at radius 3 is 2.81 bits per heavy atom. The summed E-state index contributed by atoms with van der Waals surface area (Å²) in [6.07, 6.45) is 5.36. The van der Waals surface area contributed by atoms with Crippen LogP contribution in [-0.4, -0.2) is 29.6 Å². The number of aromatic nitrogens is 2. The van der Waals surface area contributed by atoms with E-state index in [1.165, 1.54) is 0 Å². The Morgan fingerprint density at radius 2 is 2.10 bits per heavy atom. The van der Waals surface area contributed by atoms with Crippen molar-refractivity contribution in [2.45, 2.75) is 19.4 Å². The quantitative estimate of drug-likeness (QED) is 0.939. The number of carbonyl (C=O) groups is 1. The number of hydrogen-bond acceptors (Lipinski definition) is 3. The predicted octanol–water partition coefficient (Wildman–Crippen LogP) is 2.15. The van der Waals surface area contributed by atoms with E-state index in [0.29, 0.717) is 6.42 Å². The van der Waals surface area contributed by atoms with Gasteiger partial charge in [0.2, 0.25) is 5.91 Å². The van der Waals surface area contributed by atoms with Crippen molar-refractivity contribution in [2.24, 2.45) is 5.92 Å². The van der Waals surface area contributed by atoms with Gasteiger partial charge in [-0.15, -0.1) is 0 Å². The molecule has 1 amide bonds. The van der Waals surface area contributed by atoms with E-state index in [0.717, 1.165) is 30.2 Å². The van der Waals surface area contributed by atoms with Gasteiger partial charge in [0.1, 0.15) is 5.82 Å². The molecule has 0 saturated heterocycles. The van der Waals surface area contributed by atoms with Gasteiger partial charge in [-0.2, -0.15) is 0 Å². The van der Waals surface area contributed by atoms with Crippen molar-refractivity contribution >= 4 is 17.3 Å². The summed E-state index contributed by atoms with van der Waals surface area (Å²) in [7, 11) is 4.00. The molecule has 0 spiro atoms. The van der Waals surface area contributed by atoms with Crippen LogP contribution in [0, 0.1) is 5.92 Å². The van der Waals surface area contributed by atoms with Gasteiger partial charge in [-0.3, -0.25) is 4.79 Å². The van der Waals surface area contributed by atoms with E-state index < -0.39 is 0 Å². The molecule has 5 nitrogen and oxygen atoms in total. The third kappa shape index (κ3) is 2.91. The van der Waals surface area contributed by atoms with Crippen LogP contribution in [0.25, 0.3) is 0 Å². The highest BCUT2D eigenvalue weighted by molar-refractivity contribution is 5.92. The molecule has 0 bridgehead atoms. The van der Waals surface area contributed by atoms with Crippen LogP contribution in [-0.2, 0) is 17.8 Å². The van der Waals surface area contributed by atoms with E-state index in [1.54, 1.807) is 6.20 Å². The van der Waals surface area contributed by atoms with Crippen molar-refractivity contribution in [3.8, 4) is 0 Å². The molecule has 1 aromatic heterocycles. The summed E-state index contributed by atoms with van der Waals surface area (Å²) >= 11 is 0. The van der Waals surface area contributed by atoms with Crippen molar-refractivity contribution in [2.75, 3.05) is 24.3 Å². The fraction of sp³-hybridized carbons (Fsp3) is 0.375. The first-order chi connectivity index (χ1) is 10.1. The van der Waals surface area contributed by atoms with Crippen LogP contribution in [0.15, 0.2) is 36.7 Å². The highest BCUT2D eigenvalue weighted by Crippen LogP contribution is 2.22. The molecule has 1 aliphatic heterocycles. The molecule has 2 heterocycles. The fourth-order valence-electron chi connectivity index (χ4n) is 2.66. The van der Waals surface area contributed by atoms with E-state index in [-0.39, 0.29) is 11.8 Å². The van der Waals surface area contributed by atoms with E-state index in [4.69, 9.17) is 0 Å². The summed E-state index contributed by atoms with van der Waals surface area (Å²) in [6, 6.07) is 7.89. The van der Waals surface area contributed by atoms with Gasteiger partial charge in [0.05, 0.1) is 0 Å². The molecule has 110 valence electrons. The Morgan fingerprint density at radius 1 is 1.33 bits per heavy atom. The molecule has 2 aromatic rings. The number of nitrogens with one attached hydrogen (secondary N) is 1. The van der Waals surface area contributed by atoms with Crippen LogP contribution in [0.4, 0.5) is 11.4 Å². The number of carbonyl (C=O) groups excluding carboxylic acids is 1. The first kappa shape index (κ1) is 13.7. The van der Waals surface area contributed by atoms with Crippen molar-refractivity contribution in [1.29, 1.82) is 0 Å². The first-order valence-electron chi connectivity index (χ1n) is 7.22. The van der Waals surface area contributed by atoms with E-state index >= 15 is 0 Å². The topological polar surface area (TPSA) is 50.2 Å². The summed E-state index contributed by atoms with van der Waals surface area (Å²) in [5.74, 6) is 1.10. The van der Waals surface area contributed by atoms with Gasteiger partial charge in [-0.05, 0) is 30.7 Å². The summed E-state index contributed by atoms with van der Waals surface area (Å²) in [6.45, 7) is 0.868. The number of imidazole rings is 1. The minimum absolute atomic E-state index is 0.00780. The van der Waals surface area contributed by atoms with Gasteiger partial charge in [0.15, 0.2) is 0 Å². The van der Waals surface area contributed by atoms with Gasteiger partial charge in [-0.1, -0.05) is 0 Å². The molecule has 0 fully saturated rings. The zero-order chi connectivity index (χ0) is 14.8. The summed E-state index contributed by atoms with van der Waals surface area (Å²) < 4.78 is 2.12. The number of rotatable bonds is 3.